The highest BCUT2D eigenvalue weighted by molar-refractivity contribution is 8.14. The highest BCUT2D eigenvalue weighted by Crippen LogP contribution is 2.60. The molecule has 5 aliphatic rings. The van der Waals surface area contributed by atoms with Gasteiger partial charge < -0.3 is 10.6 Å². The molecule has 6 heteroatoms. The number of nitrogens with zero attached hydrogens (tertiary/aromatic N) is 1. The summed E-state index contributed by atoms with van der Waals surface area (Å²) in [5, 5.41) is 6.50. The topological polar surface area (TPSA) is 70.6 Å². The van der Waals surface area contributed by atoms with Crippen LogP contribution in [0.5, 0.6) is 0 Å². The molecule has 5 nitrogen and oxygen atoms in total. The molecule has 4 fully saturated rings. The van der Waals surface area contributed by atoms with E-state index in [0.717, 1.165) is 49.3 Å². The predicted molar refractivity (Wildman–Crippen MR) is 91.1 cm³/mol. The Labute approximate surface area is 141 Å². The normalized spacial score (nSPS) is 39.0. The van der Waals surface area contributed by atoms with Gasteiger partial charge in [-0.3, -0.25) is 14.6 Å². The number of amides is 2. The second-order valence-corrected chi connectivity index (χ2v) is 9.00. The van der Waals surface area contributed by atoms with Crippen molar-refractivity contribution in [3.05, 3.63) is 0 Å². The number of hydrogen-bond acceptors (Lipinski definition) is 4. The average Bonchev–Trinajstić information content (AvgIpc) is 2.98. The van der Waals surface area contributed by atoms with Gasteiger partial charge in [-0.05, 0) is 63.2 Å². The third-order valence-electron chi connectivity index (χ3n) is 6.08. The molecule has 2 amide bonds. The fourth-order valence-electron chi connectivity index (χ4n) is 5.43. The third kappa shape index (κ3) is 2.90. The Balaban J connectivity index is 1.38. The highest BCUT2D eigenvalue weighted by Gasteiger charge is 2.54. The minimum Gasteiger partial charge on any atom is -0.344 e. The van der Waals surface area contributed by atoms with Crippen LogP contribution in [0.25, 0.3) is 0 Å². The summed E-state index contributed by atoms with van der Waals surface area (Å²) in [6, 6.07) is -0.501. The molecule has 0 unspecified atom stereocenters. The van der Waals surface area contributed by atoms with Gasteiger partial charge in [0.1, 0.15) is 6.04 Å². The fraction of sp³-hybridized carbons (Fsp3) is 0.824. The molecular weight excluding hydrogens is 310 g/mol. The molecule has 0 saturated heterocycles. The van der Waals surface area contributed by atoms with Crippen LogP contribution in [-0.4, -0.2) is 35.3 Å². The number of aliphatic imine (C=N–C) groups is 1. The van der Waals surface area contributed by atoms with Crippen molar-refractivity contribution in [1.29, 1.82) is 0 Å². The molecule has 4 saturated carbocycles. The van der Waals surface area contributed by atoms with Crippen molar-refractivity contribution in [2.24, 2.45) is 28.2 Å². The van der Waals surface area contributed by atoms with Crippen LogP contribution in [0.1, 0.15) is 45.4 Å². The number of amidine groups is 1. The van der Waals surface area contributed by atoms with Gasteiger partial charge >= 0.3 is 0 Å². The summed E-state index contributed by atoms with van der Waals surface area (Å²) in [6.07, 6.45) is 7.05. The van der Waals surface area contributed by atoms with Gasteiger partial charge in [0.25, 0.3) is 0 Å². The zero-order valence-corrected chi connectivity index (χ0v) is 14.5. The van der Waals surface area contributed by atoms with Crippen molar-refractivity contribution >= 4 is 28.7 Å². The first-order valence-corrected chi connectivity index (χ1v) is 9.82. The highest BCUT2D eigenvalue weighted by atomic mass is 32.2. The van der Waals surface area contributed by atoms with E-state index in [1.54, 1.807) is 18.7 Å². The lowest BCUT2D eigenvalue weighted by atomic mass is 9.49. The van der Waals surface area contributed by atoms with Crippen LogP contribution < -0.4 is 10.6 Å². The van der Waals surface area contributed by atoms with Crippen molar-refractivity contribution < 1.29 is 9.59 Å². The van der Waals surface area contributed by atoms with Crippen LogP contribution in [-0.2, 0) is 9.59 Å². The van der Waals surface area contributed by atoms with E-state index in [1.165, 1.54) is 19.3 Å². The summed E-state index contributed by atoms with van der Waals surface area (Å²) < 4.78 is 0. The lowest BCUT2D eigenvalue weighted by molar-refractivity contribution is -0.148. The van der Waals surface area contributed by atoms with E-state index < -0.39 is 6.04 Å². The molecule has 2 N–H and O–H groups in total. The monoisotopic (exact) mass is 335 g/mol. The number of hydrogen-bond donors (Lipinski definition) is 2. The summed E-state index contributed by atoms with van der Waals surface area (Å²) in [7, 11) is 0. The fourth-order valence-corrected chi connectivity index (χ4v) is 6.16. The number of rotatable bonds is 3. The minimum atomic E-state index is -0.501. The molecule has 1 heterocycles. The number of nitrogens with one attached hydrogen (secondary N) is 2. The van der Waals surface area contributed by atoms with Crippen LogP contribution in [0.3, 0.4) is 0 Å². The summed E-state index contributed by atoms with van der Waals surface area (Å²) in [4.78, 5) is 29.4. The number of carbonyl (C=O) groups excluding carboxylic acids is 2. The van der Waals surface area contributed by atoms with Gasteiger partial charge in [0, 0.05) is 11.2 Å². The molecular formula is C17H25N3O2S. The molecule has 0 aromatic carbocycles. The molecule has 1 aliphatic heterocycles. The van der Waals surface area contributed by atoms with Gasteiger partial charge in [-0.2, -0.15) is 0 Å². The maximum Gasteiger partial charge on any atom is 0.248 e. The molecule has 4 aliphatic carbocycles. The van der Waals surface area contributed by atoms with Gasteiger partial charge in [-0.15, -0.1) is 0 Å². The van der Waals surface area contributed by atoms with E-state index in [-0.39, 0.29) is 17.2 Å². The van der Waals surface area contributed by atoms with E-state index in [2.05, 4.69) is 15.6 Å². The van der Waals surface area contributed by atoms with Crippen molar-refractivity contribution in [2.45, 2.75) is 51.5 Å². The maximum absolute atomic E-state index is 12.9. The van der Waals surface area contributed by atoms with Crippen LogP contribution in [0, 0.1) is 23.2 Å². The van der Waals surface area contributed by atoms with Crippen LogP contribution in [0.4, 0.5) is 0 Å². The largest absolute Gasteiger partial charge is 0.344 e. The Kier molecular flexibility index (Phi) is 3.90. The Morgan fingerprint density at radius 1 is 1.17 bits per heavy atom. The van der Waals surface area contributed by atoms with Crippen molar-refractivity contribution in [1.82, 2.24) is 10.6 Å². The SMILES string of the molecule is C[C@H](NC(=O)C12CC3CC(CC(C3)C1)C2)C(=O)NC1=NCCS1. The van der Waals surface area contributed by atoms with Crippen molar-refractivity contribution in [3.8, 4) is 0 Å². The second-order valence-electron chi connectivity index (χ2n) is 7.92. The first kappa shape index (κ1) is 15.5. The summed E-state index contributed by atoms with van der Waals surface area (Å²) >= 11 is 1.56. The van der Waals surface area contributed by atoms with Gasteiger partial charge in [-0.25, -0.2) is 0 Å². The molecule has 0 aromatic rings. The first-order chi connectivity index (χ1) is 11.0. The van der Waals surface area contributed by atoms with Gasteiger partial charge in [0.2, 0.25) is 11.8 Å². The second kappa shape index (κ2) is 5.80. The van der Waals surface area contributed by atoms with Crippen molar-refractivity contribution in [3.63, 3.8) is 0 Å². The van der Waals surface area contributed by atoms with Crippen LogP contribution >= 0.6 is 11.8 Å². The molecule has 23 heavy (non-hydrogen) atoms. The molecule has 4 bridgehead atoms. The van der Waals surface area contributed by atoms with E-state index in [1.807, 2.05) is 0 Å². The Bertz CT molecular complexity index is 525. The standard InChI is InChI=1S/C17H25N3O2S/c1-10(14(21)20-16-18-2-3-23-16)19-15(22)17-7-11-4-12(8-17)6-13(5-11)9-17/h10-13H,2-9H2,1H3,(H,19,22)(H,18,20,21)/t10-,11?,12?,13?,17?/m0/s1. The Morgan fingerprint density at radius 2 is 1.78 bits per heavy atom. The summed E-state index contributed by atoms with van der Waals surface area (Å²) in [5.74, 6) is 3.08. The molecule has 0 aromatic heterocycles. The quantitative estimate of drug-likeness (QED) is 0.828. The van der Waals surface area contributed by atoms with E-state index in [0.29, 0.717) is 5.17 Å². The molecule has 0 spiro atoms. The molecule has 126 valence electrons. The zero-order chi connectivity index (χ0) is 16.0. The molecule has 1 atom stereocenters. The predicted octanol–water partition coefficient (Wildman–Crippen LogP) is 1.93. The van der Waals surface area contributed by atoms with Gasteiger partial charge in [0.15, 0.2) is 5.17 Å². The van der Waals surface area contributed by atoms with E-state index in [9.17, 15) is 9.59 Å². The van der Waals surface area contributed by atoms with E-state index in [4.69, 9.17) is 0 Å². The van der Waals surface area contributed by atoms with Gasteiger partial charge in [0.05, 0.1) is 6.54 Å². The molecule has 5 rings (SSSR count). The number of thioether (sulfide) groups is 1. The molecule has 0 radical (unpaired) electrons. The van der Waals surface area contributed by atoms with Crippen molar-refractivity contribution in [2.75, 3.05) is 12.3 Å². The average molecular weight is 335 g/mol. The zero-order valence-electron chi connectivity index (χ0n) is 13.6. The van der Waals surface area contributed by atoms with Crippen LogP contribution in [0.15, 0.2) is 4.99 Å². The third-order valence-corrected chi connectivity index (χ3v) is 6.97. The van der Waals surface area contributed by atoms with E-state index >= 15 is 0 Å². The maximum atomic E-state index is 12.9. The van der Waals surface area contributed by atoms with Crippen LogP contribution in [0.2, 0.25) is 0 Å². The summed E-state index contributed by atoms with van der Waals surface area (Å²) in [6.45, 7) is 2.53. The lowest BCUT2D eigenvalue weighted by Crippen LogP contribution is -2.56. The number of carbonyl (C=O) groups is 2. The lowest BCUT2D eigenvalue weighted by Gasteiger charge is -2.55. The summed E-state index contributed by atoms with van der Waals surface area (Å²) in [5.41, 5.74) is -0.192. The Hall–Kier alpha value is -1.04. The first-order valence-electron chi connectivity index (χ1n) is 8.83. The minimum absolute atomic E-state index is 0.111. The van der Waals surface area contributed by atoms with Gasteiger partial charge in [-0.1, -0.05) is 11.8 Å². The Morgan fingerprint density at radius 3 is 2.30 bits per heavy atom. The smallest absolute Gasteiger partial charge is 0.248 e.